The summed E-state index contributed by atoms with van der Waals surface area (Å²) in [4.78, 5) is 29.2. The Bertz CT molecular complexity index is 589. The molecule has 4 nitrogen and oxygen atoms in total. The summed E-state index contributed by atoms with van der Waals surface area (Å²) >= 11 is 0. The van der Waals surface area contributed by atoms with Crippen LogP contribution in [-0.4, -0.2) is 41.2 Å². The summed E-state index contributed by atoms with van der Waals surface area (Å²) in [6, 6.07) is 10.3. The molecule has 0 radical (unpaired) electrons. The number of amides is 2. The van der Waals surface area contributed by atoms with Crippen molar-refractivity contribution in [2.24, 2.45) is 5.41 Å². The van der Waals surface area contributed by atoms with Crippen LogP contribution in [0.25, 0.3) is 0 Å². The van der Waals surface area contributed by atoms with Gasteiger partial charge in [0.05, 0.1) is 11.5 Å². The lowest BCUT2D eigenvalue weighted by atomic mass is 9.60. The van der Waals surface area contributed by atoms with E-state index in [-0.39, 0.29) is 29.8 Å². The second-order valence-corrected chi connectivity index (χ2v) is 7.03. The molecule has 1 saturated heterocycles. The highest BCUT2D eigenvalue weighted by atomic mass is 16.2. The van der Waals surface area contributed by atoms with Crippen molar-refractivity contribution >= 4 is 11.8 Å². The molecule has 3 rings (SSSR count). The van der Waals surface area contributed by atoms with Gasteiger partial charge in [0.1, 0.15) is 6.54 Å². The Morgan fingerprint density at radius 2 is 1.75 bits per heavy atom. The fraction of sp³-hybridized carbons (Fsp3) is 0.600. The van der Waals surface area contributed by atoms with Gasteiger partial charge in [0.2, 0.25) is 11.8 Å². The van der Waals surface area contributed by atoms with Crippen LogP contribution in [0.1, 0.15) is 57.6 Å². The van der Waals surface area contributed by atoms with Crippen molar-refractivity contribution < 1.29 is 9.59 Å². The molecule has 0 bridgehead atoms. The van der Waals surface area contributed by atoms with Crippen LogP contribution in [0, 0.1) is 5.41 Å². The number of likely N-dealkylation sites (tertiary alicyclic amines) is 1. The van der Waals surface area contributed by atoms with E-state index < -0.39 is 0 Å². The lowest BCUT2D eigenvalue weighted by Gasteiger charge is -2.58. The zero-order valence-electron chi connectivity index (χ0n) is 14.8. The van der Waals surface area contributed by atoms with E-state index in [1.165, 1.54) is 12.0 Å². The monoisotopic (exact) mass is 328 g/mol. The Kier molecular flexibility index (Phi) is 4.93. The van der Waals surface area contributed by atoms with Crippen molar-refractivity contribution in [3.63, 3.8) is 0 Å². The van der Waals surface area contributed by atoms with Crippen molar-refractivity contribution in [2.45, 2.75) is 52.0 Å². The molecular weight excluding hydrogens is 300 g/mol. The van der Waals surface area contributed by atoms with Gasteiger partial charge >= 0.3 is 0 Å². The highest BCUT2D eigenvalue weighted by Crippen LogP contribution is 2.57. The van der Waals surface area contributed by atoms with E-state index in [0.717, 1.165) is 25.7 Å². The summed E-state index contributed by atoms with van der Waals surface area (Å²) in [5.74, 6) is 0.247. The molecule has 130 valence electrons. The summed E-state index contributed by atoms with van der Waals surface area (Å²) in [5.41, 5.74) is 0.912. The summed E-state index contributed by atoms with van der Waals surface area (Å²) in [7, 11) is 0. The number of hydrogen-bond donors (Lipinski definition) is 0. The highest BCUT2D eigenvalue weighted by molar-refractivity contribution is 5.94. The molecule has 4 heteroatoms. The lowest BCUT2D eigenvalue weighted by Crippen LogP contribution is -2.65. The third-order valence-corrected chi connectivity index (χ3v) is 5.80. The number of hydrogen-bond acceptors (Lipinski definition) is 2. The van der Waals surface area contributed by atoms with Crippen LogP contribution in [0.3, 0.4) is 0 Å². The number of likely N-dealkylation sites (N-methyl/N-ethyl adjacent to an activating group) is 1. The molecule has 2 aliphatic rings. The predicted molar refractivity (Wildman–Crippen MR) is 94.3 cm³/mol. The average molecular weight is 328 g/mol. The Morgan fingerprint density at radius 3 is 2.33 bits per heavy atom. The Morgan fingerprint density at radius 1 is 1.12 bits per heavy atom. The largest absolute Gasteiger partial charge is 0.342 e. The molecule has 24 heavy (non-hydrogen) atoms. The van der Waals surface area contributed by atoms with Gasteiger partial charge in [-0.2, -0.15) is 0 Å². The molecule has 1 saturated carbocycles. The molecule has 0 aromatic heterocycles. The van der Waals surface area contributed by atoms with Gasteiger partial charge in [0.15, 0.2) is 0 Å². The van der Waals surface area contributed by atoms with E-state index >= 15 is 0 Å². The average Bonchev–Trinajstić information content (AvgIpc) is 2.63. The van der Waals surface area contributed by atoms with Crippen LogP contribution >= 0.6 is 0 Å². The molecule has 1 spiro atoms. The third-order valence-electron chi connectivity index (χ3n) is 5.80. The maximum Gasteiger partial charge on any atom is 0.242 e. The molecule has 1 aliphatic carbocycles. The number of β-lactam (4-membered cyclic amide) rings is 1. The zero-order valence-corrected chi connectivity index (χ0v) is 14.8. The van der Waals surface area contributed by atoms with Gasteiger partial charge in [0, 0.05) is 13.1 Å². The molecule has 1 aromatic rings. The van der Waals surface area contributed by atoms with Gasteiger partial charge in [-0.05, 0) is 32.3 Å². The van der Waals surface area contributed by atoms with Gasteiger partial charge in [0.25, 0.3) is 0 Å². The first-order chi connectivity index (χ1) is 11.6. The minimum atomic E-state index is -0.261. The Labute approximate surface area is 144 Å². The second-order valence-electron chi connectivity index (χ2n) is 7.03. The van der Waals surface area contributed by atoms with Crippen molar-refractivity contribution in [1.82, 2.24) is 9.80 Å². The topological polar surface area (TPSA) is 40.6 Å². The van der Waals surface area contributed by atoms with E-state index in [0.29, 0.717) is 13.1 Å². The zero-order chi connectivity index (χ0) is 17.2. The van der Waals surface area contributed by atoms with E-state index in [9.17, 15) is 9.59 Å². The van der Waals surface area contributed by atoms with Crippen molar-refractivity contribution in [3.05, 3.63) is 35.9 Å². The normalized spacial score (nSPS) is 22.3. The van der Waals surface area contributed by atoms with E-state index in [2.05, 4.69) is 12.1 Å². The molecule has 2 amide bonds. The standard InChI is InChI=1S/C20H28N2O2/c1-3-21(4-2)17(23)15-22-18(16-11-7-5-8-12-16)20(19(22)24)13-9-6-10-14-20/h5,7-8,11-12,18H,3-4,6,9-10,13-15H2,1-2H3. The van der Waals surface area contributed by atoms with Crippen LogP contribution in [0.5, 0.6) is 0 Å². The predicted octanol–water partition coefficient (Wildman–Crippen LogP) is 3.39. The van der Waals surface area contributed by atoms with E-state index in [1.807, 2.05) is 36.9 Å². The second kappa shape index (κ2) is 6.96. The van der Waals surface area contributed by atoms with Crippen molar-refractivity contribution in [3.8, 4) is 0 Å². The number of rotatable bonds is 5. The molecule has 2 fully saturated rings. The molecule has 1 aliphatic heterocycles. The summed E-state index contributed by atoms with van der Waals surface area (Å²) in [5, 5.41) is 0. The smallest absolute Gasteiger partial charge is 0.242 e. The van der Waals surface area contributed by atoms with Crippen LogP contribution in [0.4, 0.5) is 0 Å². The Balaban J connectivity index is 1.85. The summed E-state index contributed by atoms with van der Waals surface area (Å²) in [6.45, 7) is 5.56. The lowest BCUT2D eigenvalue weighted by molar-refractivity contribution is -0.181. The van der Waals surface area contributed by atoms with Crippen LogP contribution in [0.15, 0.2) is 30.3 Å². The molecule has 1 heterocycles. The van der Waals surface area contributed by atoms with E-state index in [1.54, 1.807) is 4.90 Å². The third kappa shape index (κ3) is 2.72. The number of carbonyl (C=O) groups is 2. The van der Waals surface area contributed by atoms with Crippen molar-refractivity contribution in [2.75, 3.05) is 19.6 Å². The minimum Gasteiger partial charge on any atom is -0.342 e. The molecule has 1 unspecified atom stereocenters. The van der Waals surface area contributed by atoms with Gasteiger partial charge < -0.3 is 9.80 Å². The van der Waals surface area contributed by atoms with Crippen LogP contribution < -0.4 is 0 Å². The molecule has 1 atom stereocenters. The van der Waals surface area contributed by atoms with Gasteiger partial charge in [-0.3, -0.25) is 9.59 Å². The van der Waals surface area contributed by atoms with E-state index in [4.69, 9.17) is 0 Å². The first kappa shape index (κ1) is 17.0. The maximum atomic E-state index is 13.0. The maximum absolute atomic E-state index is 13.0. The van der Waals surface area contributed by atoms with Crippen molar-refractivity contribution in [1.29, 1.82) is 0 Å². The van der Waals surface area contributed by atoms with Crippen LogP contribution in [0.2, 0.25) is 0 Å². The summed E-state index contributed by atoms with van der Waals surface area (Å²) < 4.78 is 0. The fourth-order valence-electron chi connectivity index (χ4n) is 4.54. The fourth-order valence-corrected chi connectivity index (χ4v) is 4.54. The quantitative estimate of drug-likeness (QED) is 0.777. The molecule has 0 N–H and O–H groups in total. The number of benzene rings is 1. The molecule has 1 aromatic carbocycles. The van der Waals surface area contributed by atoms with Gasteiger partial charge in [-0.15, -0.1) is 0 Å². The highest BCUT2D eigenvalue weighted by Gasteiger charge is 2.60. The molecular formula is C20H28N2O2. The van der Waals surface area contributed by atoms with Gasteiger partial charge in [-0.1, -0.05) is 49.6 Å². The van der Waals surface area contributed by atoms with Gasteiger partial charge in [-0.25, -0.2) is 0 Å². The van der Waals surface area contributed by atoms with Crippen LogP contribution in [-0.2, 0) is 9.59 Å². The first-order valence-electron chi connectivity index (χ1n) is 9.28. The number of carbonyl (C=O) groups excluding carboxylic acids is 2. The number of nitrogens with zero attached hydrogens (tertiary/aromatic N) is 2. The first-order valence-corrected chi connectivity index (χ1v) is 9.28. The Hall–Kier alpha value is -1.84. The summed E-state index contributed by atoms with van der Waals surface area (Å²) in [6.07, 6.45) is 5.37. The SMILES string of the molecule is CCN(CC)C(=O)CN1C(=O)C2(CCCCC2)C1c1ccccc1. The minimum absolute atomic E-state index is 0.0555.